The van der Waals surface area contributed by atoms with E-state index in [0.29, 0.717) is 13.0 Å². The van der Waals surface area contributed by atoms with Crippen LogP contribution in [0.5, 0.6) is 0 Å². The molecule has 0 bridgehead atoms. The van der Waals surface area contributed by atoms with Crippen LogP contribution < -0.4 is 0 Å². The van der Waals surface area contributed by atoms with Gasteiger partial charge in [-0.1, -0.05) is 127 Å². The lowest BCUT2D eigenvalue weighted by Crippen LogP contribution is -2.64. The van der Waals surface area contributed by atoms with Crippen LogP contribution in [0.25, 0.3) is 0 Å². The molecule has 0 aromatic heterocycles. The second kappa shape index (κ2) is 34.2. The van der Waals surface area contributed by atoms with E-state index in [1.54, 1.807) is 0 Å². The lowest BCUT2D eigenvalue weighted by Gasteiger charge is -2.41. The molecule has 1 fully saturated rings. The van der Waals surface area contributed by atoms with Gasteiger partial charge in [-0.2, -0.15) is 0 Å². The van der Waals surface area contributed by atoms with E-state index in [-0.39, 0.29) is 13.0 Å². The molecule has 326 valence electrons. The Labute approximate surface area is 337 Å². The summed E-state index contributed by atoms with van der Waals surface area (Å²) in [4.78, 5) is 23.1. The summed E-state index contributed by atoms with van der Waals surface area (Å²) in [6.07, 6.45) is 27.6. The van der Waals surface area contributed by atoms with E-state index in [2.05, 4.69) is 62.5 Å². The molecular weight excluding hydrogens is 739 g/mol. The maximum Gasteiger partial charge on any atom is 0.472 e. The van der Waals surface area contributed by atoms with E-state index in [9.17, 15) is 39.8 Å². The van der Waals surface area contributed by atoms with Gasteiger partial charge < -0.3 is 39.9 Å². The Morgan fingerprint density at radius 1 is 0.589 bits per heavy atom. The number of aliphatic hydroxyl groups is 5. The topological polar surface area (TPSA) is 192 Å². The maximum atomic E-state index is 12.8. The first-order valence-electron chi connectivity index (χ1n) is 21.5. The van der Waals surface area contributed by atoms with Crippen molar-refractivity contribution in [3.05, 3.63) is 48.6 Å². The van der Waals surface area contributed by atoms with Crippen LogP contribution in [0, 0.1) is 0 Å². The van der Waals surface area contributed by atoms with Crippen molar-refractivity contribution in [2.24, 2.45) is 0 Å². The third-order valence-electron chi connectivity index (χ3n) is 9.69. The summed E-state index contributed by atoms with van der Waals surface area (Å²) >= 11 is 0. The van der Waals surface area contributed by atoms with Crippen molar-refractivity contribution in [3.8, 4) is 0 Å². The average Bonchev–Trinajstić information content (AvgIpc) is 3.18. The van der Waals surface area contributed by atoms with Crippen LogP contribution in [-0.2, 0) is 27.9 Å². The fraction of sp³-hybridized carbons (Fsp3) is 0.791. The monoisotopic (exact) mass is 817 g/mol. The normalized spacial score (nSPS) is 23.5. The number of carbonyl (C=O) groups is 1. The van der Waals surface area contributed by atoms with E-state index in [0.717, 1.165) is 89.9 Å². The molecule has 1 aliphatic carbocycles. The number of phosphoric ester groups is 1. The van der Waals surface area contributed by atoms with Gasteiger partial charge in [0.2, 0.25) is 0 Å². The number of hydrogen-bond acceptors (Lipinski definition) is 11. The van der Waals surface area contributed by atoms with Gasteiger partial charge in [0.25, 0.3) is 0 Å². The smallest absolute Gasteiger partial charge is 0.457 e. The summed E-state index contributed by atoms with van der Waals surface area (Å²) < 4.78 is 34.1. The number of ether oxygens (including phenoxy) is 2. The number of allylic oxidation sites excluding steroid dienone is 8. The highest BCUT2D eigenvalue weighted by Crippen LogP contribution is 2.47. The van der Waals surface area contributed by atoms with Crippen molar-refractivity contribution >= 4 is 13.8 Å². The van der Waals surface area contributed by atoms with Crippen LogP contribution in [0.15, 0.2) is 48.6 Å². The Kier molecular flexibility index (Phi) is 31.9. The highest BCUT2D eigenvalue weighted by molar-refractivity contribution is 7.47. The number of rotatable bonds is 35. The third kappa shape index (κ3) is 26.3. The Balaban J connectivity index is 2.46. The molecule has 13 heteroatoms. The van der Waals surface area contributed by atoms with Crippen LogP contribution in [0.2, 0.25) is 0 Å². The van der Waals surface area contributed by atoms with Crippen molar-refractivity contribution in [2.75, 3.05) is 19.8 Å². The number of aliphatic hydroxyl groups excluding tert-OH is 5. The number of phosphoric acid groups is 1. The molecular formula is C43H77O12P. The van der Waals surface area contributed by atoms with Crippen LogP contribution in [0.4, 0.5) is 0 Å². The molecule has 6 N–H and O–H groups in total. The Morgan fingerprint density at radius 3 is 1.62 bits per heavy atom. The lowest BCUT2D eigenvalue weighted by molar-refractivity contribution is -0.220. The molecule has 6 atom stereocenters. The SMILES string of the molecule is CC/C=C\C/C=C\C/C=C\CCCCCCOCC(COP(=O)(O)OC1C(O)C(O)C(O)C(O)C1O)OC(=O)CCCCCCC/C=C\CCCCCCCC. The van der Waals surface area contributed by atoms with Crippen LogP contribution >= 0.6 is 7.82 Å². The van der Waals surface area contributed by atoms with E-state index in [1.807, 2.05) is 0 Å². The molecule has 0 spiro atoms. The molecule has 1 saturated carbocycles. The minimum absolute atomic E-state index is 0.0963. The number of esters is 1. The van der Waals surface area contributed by atoms with Gasteiger partial charge in [-0.25, -0.2) is 4.57 Å². The standard InChI is InChI=1S/C43H77O12P/c1-3-5-7-9-11-13-15-17-19-20-22-24-26-28-30-32-37(44)54-36(34-52-33-31-29-27-25-23-21-18-16-14-12-10-8-6-4-2)35-53-56(50,51)55-43-41(48)39(46)38(45)40(47)42(43)49/h6,8,12,14,17-19,21,36,38-43,45-49H,3-5,7,9-11,13,15-16,20,22-35H2,1-2H3,(H,50,51)/b8-6-,14-12-,19-17-,21-18-. The second-order valence-corrected chi connectivity index (χ2v) is 16.2. The molecule has 0 amide bonds. The van der Waals surface area contributed by atoms with Crippen molar-refractivity contribution in [1.82, 2.24) is 0 Å². The first-order valence-corrected chi connectivity index (χ1v) is 23.0. The minimum Gasteiger partial charge on any atom is -0.457 e. The molecule has 1 aliphatic rings. The zero-order valence-electron chi connectivity index (χ0n) is 34.4. The molecule has 0 radical (unpaired) electrons. The molecule has 0 aliphatic heterocycles. The van der Waals surface area contributed by atoms with Crippen molar-refractivity contribution in [2.45, 2.75) is 198 Å². The fourth-order valence-electron chi connectivity index (χ4n) is 6.25. The summed E-state index contributed by atoms with van der Waals surface area (Å²) in [5, 5.41) is 50.1. The van der Waals surface area contributed by atoms with Crippen LogP contribution in [0.3, 0.4) is 0 Å². The number of unbranched alkanes of at least 4 members (excludes halogenated alkanes) is 15. The minimum atomic E-state index is -5.02. The summed E-state index contributed by atoms with van der Waals surface area (Å²) in [7, 11) is -5.02. The van der Waals surface area contributed by atoms with E-state index < -0.39 is 63.1 Å². The van der Waals surface area contributed by atoms with Crippen molar-refractivity contribution in [3.63, 3.8) is 0 Å². The Hall–Kier alpha value is -1.70. The number of carbonyl (C=O) groups excluding carboxylic acids is 1. The molecule has 0 saturated heterocycles. The van der Waals surface area contributed by atoms with Crippen molar-refractivity contribution in [1.29, 1.82) is 0 Å². The fourth-order valence-corrected chi connectivity index (χ4v) is 7.22. The van der Waals surface area contributed by atoms with Gasteiger partial charge in [0.05, 0.1) is 13.2 Å². The summed E-state index contributed by atoms with van der Waals surface area (Å²) in [5.74, 6) is -0.497. The van der Waals surface area contributed by atoms with Gasteiger partial charge in [0.1, 0.15) is 42.7 Å². The highest BCUT2D eigenvalue weighted by atomic mass is 31.2. The van der Waals surface area contributed by atoms with Gasteiger partial charge in [0.15, 0.2) is 0 Å². The molecule has 0 aromatic rings. The molecule has 0 heterocycles. The summed E-state index contributed by atoms with van der Waals surface area (Å²) in [6.45, 7) is 4.06. The Bertz CT molecular complexity index is 1110. The first-order chi connectivity index (χ1) is 27.0. The van der Waals surface area contributed by atoms with E-state index >= 15 is 0 Å². The third-order valence-corrected chi connectivity index (χ3v) is 10.7. The first kappa shape index (κ1) is 52.3. The zero-order chi connectivity index (χ0) is 41.3. The quantitative estimate of drug-likeness (QED) is 0.0156. The summed E-state index contributed by atoms with van der Waals surface area (Å²) in [6, 6.07) is 0. The second-order valence-electron chi connectivity index (χ2n) is 14.8. The van der Waals surface area contributed by atoms with Crippen molar-refractivity contribution < 1.29 is 58.3 Å². The van der Waals surface area contributed by atoms with E-state index in [1.165, 1.54) is 38.5 Å². The molecule has 56 heavy (non-hydrogen) atoms. The van der Waals surface area contributed by atoms with Crippen LogP contribution in [-0.4, -0.2) is 98.9 Å². The molecule has 0 aromatic carbocycles. The van der Waals surface area contributed by atoms with Gasteiger partial charge in [-0.3, -0.25) is 13.8 Å². The predicted octanol–water partition coefficient (Wildman–Crippen LogP) is 8.08. The summed E-state index contributed by atoms with van der Waals surface area (Å²) in [5.41, 5.74) is 0. The Morgan fingerprint density at radius 2 is 1.05 bits per heavy atom. The van der Waals surface area contributed by atoms with Gasteiger partial charge in [-0.15, -0.1) is 0 Å². The molecule has 6 unspecified atom stereocenters. The van der Waals surface area contributed by atoms with Gasteiger partial charge >= 0.3 is 13.8 Å². The predicted molar refractivity (Wildman–Crippen MR) is 221 cm³/mol. The van der Waals surface area contributed by atoms with E-state index in [4.69, 9.17) is 18.5 Å². The average molecular weight is 817 g/mol. The van der Waals surface area contributed by atoms with Gasteiger partial charge in [0, 0.05) is 13.0 Å². The number of hydrogen-bond donors (Lipinski definition) is 6. The maximum absolute atomic E-state index is 12.8. The van der Waals surface area contributed by atoms with Crippen LogP contribution in [0.1, 0.15) is 155 Å². The molecule has 12 nitrogen and oxygen atoms in total. The lowest BCUT2D eigenvalue weighted by atomic mass is 9.85. The molecule has 1 rings (SSSR count). The van der Waals surface area contributed by atoms with Gasteiger partial charge in [-0.05, 0) is 70.6 Å². The zero-order valence-corrected chi connectivity index (χ0v) is 35.3. The highest BCUT2D eigenvalue weighted by Gasteiger charge is 2.51. The largest absolute Gasteiger partial charge is 0.472 e.